The summed E-state index contributed by atoms with van der Waals surface area (Å²) in [6.07, 6.45) is 0.112. The SMILES string of the molecule is O=C(NCc1ccc(C(F)(F)F)cc1)C1CC(=O)N(C2CCCC2)C1. The van der Waals surface area contributed by atoms with Crippen LogP contribution in [-0.4, -0.2) is 29.3 Å². The van der Waals surface area contributed by atoms with Crippen molar-refractivity contribution in [3.63, 3.8) is 0 Å². The molecule has 1 N–H and O–H groups in total. The number of amides is 2. The van der Waals surface area contributed by atoms with E-state index in [-0.39, 0.29) is 36.7 Å². The van der Waals surface area contributed by atoms with E-state index in [4.69, 9.17) is 0 Å². The lowest BCUT2D eigenvalue weighted by Gasteiger charge is -2.23. The highest BCUT2D eigenvalue weighted by atomic mass is 19.4. The fraction of sp³-hybridized carbons (Fsp3) is 0.556. The first-order valence-electron chi connectivity index (χ1n) is 8.58. The van der Waals surface area contributed by atoms with Crippen LogP contribution in [0.3, 0.4) is 0 Å². The normalized spacial score (nSPS) is 21.8. The van der Waals surface area contributed by atoms with Crippen LogP contribution in [0.2, 0.25) is 0 Å². The van der Waals surface area contributed by atoms with Crippen molar-refractivity contribution in [2.45, 2.75) is 50.9 Å². The second-order valence-electron chi connectivity index (χ2n) is 6.80. The van der Waals surface area contributed by atoms with Crippen LogP contribution in [-0.2, 0) is 22.3 Å². The van der Waals surface area contributed by atoms with Gasteiger partial charge in [-0.25, -0.2) is 0 Å². The first kappa shape index (κ1) is 17.8. The summed E-state index contributed by atoms with van der Waals surface area (Å²) >= 11 is 0. The van der Waals surface area contributed by atoms with Gasteiger partial charge in [0.05, 0.1) is 11.5 Å². The molecule has 1 aromatic rings. The summed E-state index contributed by atoms with van der Waals surface area (Å²) < 4.78 is 37.6. The Bertz CT molecular complexity index is 637. The van der Waals surface area contributed by atoms with E-state index in [9.17, 15) is 22.8 Å². The summed E-state index contributed by atoms with van der Waals surface area (Å²) in [4.78, 5) is 26.2. The molecule has 1 heterocycles. The number of rotatable bonds is 4. The molecule has 3 rings (SSSR count). The van der Waals surface area contributed by atoms with Crippen molar-refractivity contribution >= 4 is 11.8 Å². The maximum absolute atomic E-state index is 12.5. The second kappa shape index (κ2) is 7.06. The Labute approximate surface area is 144 Å². The number of likely N-dealkylation sites (tertiary alicyclic amines) is 1. The van der Waals surface area contributed by atoms with E-state index in [1.165, 1.54) is 12.1 Å². The Morgan fingerprint density at radius 1 is 1.16 bits per heavy atom. The largest absolute Gasteiger partial charge is 0.416 e. The molecule has 1 aliphatic heterocycles. The topological polar surface area (TPSA) is 49.4 Å². The van der Waals surface area contributed by atoms with Gasteiger partial charge in [-0.1, -0.05) is 25.0 Å². The van der Waals surface area contributed by atoms with E-state index >= 15 is 0 Å². The monoisotopic (exact) mass is 354 g/mol. The maximum atomic E-state index is 12.5. The van der Waals surface area contributed by atoms with Crippen LogP contribution in [0.5, 0.6) is 0 Å². The molecule has 2 fully saturated rings. The van der Waals surface area contributed by atoms with Crippen LogP contribution < -0.4 is 5.32 Å². The molecule has 7 heteroatoms. The Hall–Kier alpha value is -2.05. The molecule has 1 aliphatic carbocycles. The molecule has 4 nitrogen and oxygen atoms in total. The van der Waals surface area contributed by atoms with E-state index in [1.54, 1.807) is 0 Å². The van der Waals surface area contributed by atoms with Gasteiger partial charge in [-0.05, 0) is 30.5 Å². The summed E-state index contributed by atoms with van der Waals surface area (Å²) in [6, 6.07) is 4.98. The summed E-state index contributed by atoms with van der Waals surface area (Å²) in [6.45, 7) is 0.605. The minimum absolute atomic E-state index is 0.0292. The fourth-order valence-electron chi connectivity index (χ4n) is 3.62. The Morgan fingerprint density at radius 2 is 1.80 bits per heavy atom. The predicted molar refractivity (Wildman–Crippen MR) is 85.4 cm³/mol. The number of hydrogen-bond donors (Lipinski definition) is 1. The molecule has 1 saturated heterocycles. The van der Waals surface area contributed by atoms with Crippen molar-refractivity contribution in [2.75, 3.05) is 6.54 Å². The van der Waals surface area contributed by atoms with Crippen LogP contribution in [0.15, 0.2) is 24.3 Å². The molecule has 0 radical (unpaired) electrons. The first-order valence-corrected chi connectivity index (χ1v) is 8.58. The fourth-order valence-corrected chi connectivity index (χ4v) is 3.62. The van der Waals surface area contributed by atoms with E-state index < -0.39 is 11.7 Å². The van der Waals surface area contributed by atoms with Gasteiger partial charge in [0.1, 0.15) is 0 Å². The highest BCUT2D eigenvalue weighted by Crippen LogP contribution is 2.30. The van der Waals surface area contributed by atoms with Crippen molar-refractivity contribution in [2.24, 2.45) is 5.92 Å². The zero-order valence-corrected chi connectivity index (χ0v) is 13.8. The molecule has 25 heavy (non-hydrogen) atoms. The minimum Gasteiger partial charge on any atom is -0.352 e. The van der Waals surface area contributed by atoms with Gasteiger partial charge in [-0.3, -0.25) is 9.59 Å². The highest BCUT2D eigenvalue weighted by Gasteiger charge is 2.38. The van der Waals surface area contributed by atoms with E-state index in [2.05, 4.69) is 5.32 Å². The zero-order chi connectivity index (χ0) is 18.0. The number of nitrogens with one attached hydrogen (secondary N) is 1. The molecule has 0 aromatic heterocycles. The smallest absolute Gasteiger partial charge is 0.352 e. The van der Waals surface area contributed by atoms with E-state index in [0.717, 1.165) is 37.8 Å². The van der Waals surface area contributed by atoms with Crippen molar-refractivity contribution in [3.05, 3.63) is 35.4 Å². The van der Waals surface area contributed by atoms with Crippen molar-refractivity contribution in [1.29, 1.82) is 0 Å². The number of carbonyl (C=O) groups excluding carboxylic acids is 2. The molecule has 1 aromatic carbocycles. The highest BCUT2D eigenvalue weighted by molar-refractivity contribution is 5.89. The number of benzene rings is 1. The summed E-state index contributed by atoms with van der Waals surface area (Å²) in [7, 11) is 0. The van der Waals surface area contributed by atoms with Gasteiger partial charge in [-0.15, -0.1) is 0 Å². The van der Waals surface area contributed by atoms with Crippen molar-refractivity contribution in [3.8, 4) is 0 Å². The summed E-state index contributed by atoms with van der Waals surface area (Å²) in [5.74, 6) is -0.558. The van der Waals surface area contributed by atoms with E-state index in [1.807, 2.05) is 4.90 Å². The molecule has 2 aliphatic rings. The van der Waals surface area contributed by atoms with Crippen LogP contribution in [0.4, 0.5) is 13.2 Å². The first-order chi connectivity index (χ1) is 11.8. The predicted octanol–water partition coefficient (Wildman–Crippen LogP) is 3.11. The average Bonchev–Trinajstić information content (AvgIpc) is 3.21. The Morgan fingerprint density at radius 3 is 2.40 bits per heavy atom. The summed E-state index contributed by atoms with van der Waals surface area (Å²) in [5, 5.41) is 2.73. The third-order valence-corrected chi connectivity index (χ3v) is 5.04. The number of carbonyl (C=O) groups is 2. The molecule has 1 saturated carbocycles. The maximum Gasteiger partial charge on any atom is 0.416 e. The molecule has 1 unspecified atom stereocenters. The Balaban J connectivity index is 1.52. The Kier molecular flexibility index (Phi) is 5.01. The lowest BCUT2D eigenvalue weighted by Crippen LogP contribution is -2.36. The third kappa shape index (κ3) is 4.14. The second-order valence-corrected chi connectivity index (χ2v) is 6.80. The van der Waals surface area contributed by atoms with Crippen LogP contribution >= 0.6 is 0 Å². The molecule has 1 atom stereocenters. The average molecular weight is 354 g/mol. The van der Waals surface area contributed by atoms with Gasteiger partial charge >= 0.3 is 6.18 Å². The number of nitrogens with zero attached hydrogens (tertiary/aromatic N) is 1. The lowest BCUT2D eigenvalue weighted by atomic mass is 10.1. The minimum atomic E-state index is -4.37. The number of alkyl halides is 3. The van der Waals surface area contributed by atoms with Gasteiger partial charge in [-0.2, -0.15) is 13.2 Å². The number of halogens is 3. The molecular weight excluding hydrogens is 333 g/mol. The van der Waals surface area contributed by atoms with Crippen molar-refractivity contribution < 1.29 is 22.8 Å². The van der Waals surface area contributed by atoms with E-state index in [0.29, 0.717) is 12.1 Å². The van der Waals surface area contributed by atoms with Gasteiger partial charge in [0.2, 0.25) is 11.8 Å². The zero-order valence-electron chi connectivity index (χ0n) is 13.8. The summed E-state index contributed by atoms with van der Waals surface area (Å²) in [5.41, 5.74) is -0.116. The van der Waals surface area contributed by atoms with Gasteiger partial charge in [0.15, 0.2) is 0 Å². The molecule has 0 spiro atoms. The van der Waals surface area contributed by atoms with Crippen LogP contribution in [0.25, 0.3) is 0 Å². The third-order valence-electron chi connectivity index (χ3n) is 5.04. The molecular formula is C18H21F3N2O2. The molecule has 136 valence electrons. The van der Waals surface area contributed by atoms with Crippen molar-refractivity contribution in [1.82, 2.24) is 10.2 Å². The van der Waals surface area contributed by atoms with Gasteiger partial charge < -0.3 is 10.2 Å². The van der Waals surface area contributed by atoms with Crippen LogP contribution in [0.1, 0.15) is 43.2 Å². The number of hydrogen-bond acceptors (Lipinski definition) is 2. The van der Waals surface area contributed by atoms with Gasteiger partial charge in [0, 0.05) is 25.6 Å². The standard InChI is InChI=1S/C18H21F3N2O2/c19-18(20,21)14-7-5-12(6-8-14)10-22-17(25)13-9-16(24)23(11-13)15-3-1-2-4-15/h5-8,13,15H,1-4,9-11H2,(H,22,25). The van der Waals surface area contributed by atoms with Crippen LogP contribution in [0, 0.1) is 5.92 Å². The molecule has 2 amide bonds. The molecule has 0 bridgehead atoms. The quantitative estimate of drug-likeness (QED) is 0.903. The lowest BCUT2D eigenvalue weighted by molar-refractivity contribution is -0.137. The van der Waals surface area contributed by atoms with Gasteiger partial charge in [0.25, 0.3) is 0 Å².